The van der Waals surface area contributed by atoms with E-state index in [0.29, 0.717) is 12.5 Å². The van der Waals surface area contributed by atoms with Crippen LogP contribution in [0.25, 0.3) is 0 Å². The first-order valence-electron chi connectivity index (χ1n) is 7.25. The highest BCUT2D eigenvalue weighted by molar-refractivity contribution is 5.48. The fraction of sp³-hybridized carbons (Fsp3) is 0.714. The monoisotopic (exact) mass is 264 g/mol. The van der Waals surface area contributed by atoms with Gasteiger partial charge in [0.25, 0.3) is 0 Å². The number of aliphatic hydroxyl groups is 1. The molecule has 0 aromatic carbocycles. The van der Waals surface area contributed by atoms with Gasteiger partial charge in [-0.1, -0.05) is 13.3 Å². The molecule has 0 aliphatic carbocycles. The molecule has 2 heterocycles. The number of piperidine rings is 1. The van der Waals surface area contributed by atoms with Crippen LogP contribution in [0.2, 0.25) is 0 Å². The number of nitrogens with zero attached hydrogens (tertiary/aromatic N) is 3. The van der Waals surface area contributed by atoms with Crippen LogP contribution < -0.4 is 10.2 Å². The third kappa shape index (κ3) is 4.06. The lowest BCUT2D eigenvalue weighted by molar-refractivity contribution is 0.203. The third-order valence-electron chi connectivity index (χ3n) is 3.69. The molecule has 0 amide bonds. The summed E-state index contributed by atoms with van der Waals surface area (Å²) in [6.07, 6.45) is 6.04. The Hall–Kier alpha value is -1.36. The molecule has 0 saturated carbocycles. The van der Waals surface area contributed by atoms with Crippen LogP contribution in [0, 0.1) is 5.92 Å². The number of aliphatic hydroxyl groups excluding tert-OH is 1. The van der Waals surface area contributed by atoms with Crippen molar-refractivity contribution in [2.24, 2.45) is 5.92 Å². The number of hydrogen-bond donors (Lipinski definition) is 2. The molecule has 5 nitrogen and oxygen atoms in total. The maximum atomic E-state index is 9.16. The molecule has 0 unspecified atom stereocenters. The standard InChI is InChI=1S/C14H24N4O/c1-2-3-6-15-13-9-14(17-11-16-13)18-7-4-12(10-19)5-8-18/h9,11-12,19H,2-8,10H2,1H3,(H,15,16,17). The highest BCUT2D eigenvalue weighted by Gasteiger charge is 2.19. The second kappa shape index (κ2) is 7.28. The fourth-order valence-electron chi connectivity index (χ4n) is 2.35. The van der Waals surface area contributed by atoms with Gasteiger partial charge in [-0.3, -0.25) is 0 Å². The fourth-order valence-corrected chi connectivity index (χ4v) is 2.35. The Bertz CT molecular complexity index is 377. The van der Waals surface area contributed by atoms with E-state index in [1.165, 1.54) is 6.42 Å². The van der Waals surface area contributed by atoms with Crippen molar-refractivity contribution in [3.05, 3.63) is 12.4 Å². The van der Waals surface area contributed by atoms with Crippen molar-refractivity contribution in [3.8, 4) is 0 Å². The summed E-state index contributed by atoms with van der Waals surface area (Å²) in [5, 5.41) is 12.5. The van der Waals surface area contributed by atoms with E-state index in [1.54, 1.807) is 6.33 Å². The van der Waals surface area contributed by atoms with Gasteiger partial charge in [-0.15, -0.1) is 0 Å². The second-order valence-electron chi connectivity index (χ2n) is 5.15. The molecule has 19 heavy (non-hydrogen) atoms. The van der Waals surface area contributed by atoms with E-state index in [4.69, 9.17) is 5.11 Å². The Balaban J connectivity index is 1.91. The van der Waals surface area contributed by atoms with Gasteiger partial charge in [0.1, 0.15) is 18.0 Å². The van der Waals surface area contributed by atoms with Crippen molar-refractivity contribution in [2.75, 3.05) is 36.5 Å². The molecule has 1 aliphatic rings. The summed E-state index contributed by atoms with van der Waals surface area (Å²) < 4.78 is 0. The van der Waals surface area contributed by atoms with Gasteiger partial charge >= 0.3 is 0 Å². The summed E-state index contributed by atoms with van der Waals surface area (Å²) >= 11 is 0. The predicted molar refractivity (Wildman–Crippen MR) is 77.5 cm³/mol. The number of rotatable bonds is 6. The normalized spacial score (nSPS) is 16.6. The molecule has 106 valence electrons. The maximum Gasteiger partial charge on any atom is 0.134 e. The van der Waals surface area contributed by atoms with E-state index in [0.717, 1.165) is 50.5 Å². The van der Waals surface area contributed by atoms with E-state index < -0.39 is 0 Å². The third-order valence-corrected chi connectivity index (χ3v) is 3.69. The van der Waals surface area contributed by atoms with Crippen molar-refractivity contribution in [1.29, 1.82) is 0 Å². The molecule has 1 aromatic heterocycles. The minimum Gasteiger partial charge on any atom is -0.396 e. The van der Waals surface area contributed by atoms with Crippen LogP contribution in [0.15, 0.2) is 12.4 Å². The Kier molecular flexibility index (Phi) is 5.39. The zero-order chi connectivity index (χ0) is 13.5. The Labute approximate surface area is 115 Å². The number of hydrogen-bond acceptors (Lipinski definition) is 5. The van der Waals surface area contributed by atoms with Gasteiger partial charge in [-0.2, -0.15) is 0 Å². The molecule has 1 aromatic rings. The zero-order valence-electron chi connectivity index (χ0n) is 11.7. The van der Waals surface area contributed by atoms with Gasteiger partial charge in [0.05, 0.1) is 0 Å². The zero-order valence-corrected chi connectivity index (χ0v) is 11.7. The van der Waals surface area contributed by atoms with Crippen LogP contribution >= 0.6 is 0 Å². The highest BCUT2D eigenvalue weighted by atomic mass is 16.3. The molecule has 5 heteroatoms. The van der Waals surface area contributed by atoms with Crippen LogP contribution in [0.4, 0.5) is 11.6 Å². The van der Waals surface area contributed by atoms with Crippen LogP contribution in [0.1, 0.15) is 32.6 Å². The molecule has 2 rings (SSSR count). The molecule has 0 radical (unpaired) electrons. The van der Waals surface area contributed by atoms with E-state index >= 15 is 0 Å². The van der Waals surface area contributed by atoms with Gasteiger partial charge in [-0.05, 0) is 25.2 Å². The Morgan fingerprint density at radius 3 is 2.84 bits per heavy atom. The molecule has 0 bridgehead atoms. The molecular weight excluding hydrogens is 240 g/mol. The summed E-state index contributed by atoms with van der Waals surface area (Å²) in [4.78, 5) is 10.9. The van der Waals surface area contributed by atoms with Crippen molar-refractivity contribution >= 4 is 11.6 Å². The van der Waals surface area contributed by atoms with Crippen LogP contribution in [-0.4, -0.2) is 41.3 Å². The quantitative estimate of drug-likeness (QED) is 0.768. The minimum atomic E-state index is 0.307. The van der Waals surface area contributed by atoms with E-state index in [-0.39, 0.29) is 0 Å². The number of nitrogens with one attached hydrogen (secondary N) is 1. The van der Waals surface area contributed by atoms with Gasteiger partial charge in [0.2, 0.25) is 0 Å². The van der Waals surface area contributed by atoms with E-state index in [9.17, 15) is 0 Å². The first-order chi connectivity index (χ1) is 9.33. The lowest BCUT2D eigenvalue weighted by atomic mass is 9.98. The summed E-state index contributed by atoms with van der Waals surface area (Å²) in [5.41, 5.74) is 0. The second-order valence-corrected chi connectivity index (χ2v) is 5.15. The van der Waals surface area contributed by atoms with E-state index in [1.807, 2.05) is 6.07 Å². The maximum absolute atomic E-state index is 9.16. The first-order valence-corrected chi connectivity index (χ1v) is 7.25. The Morgan fingerprint density at radius 2 is 2.16 bits per heavy atom. The molecule has 0 atom stereocenters. The van der Waals surface area contributed by atoms with Crippen molar-refractivity contribution in [1.82, 2.24) is 9.97 Å². The molecule has 0 spiro atoms. The van der Waals surface area contributed by atoms with Gasteiger partial charge in [0, 0.05) is 32.3 Å². The predicted octanol–water partition coefficient (Wildman–Crippen LogP) is 1.90. The van der Waals surface area contributed by atoms with Crippen LogP contribution in [0.3, 0.4) is 0 Å². The number of aromatic nitrogens is 2. The molecular formula is C14H24N4O. The SMILES string of the molecule is CCCCNc1cc(N2CCC(CO)CC2)ncn1. The molecule has 2 N–H and O–H groups in total. The van der Waals surface area contributed by atoms with Crippen molar-refractivity contribution < 1.29 is 5.11 Å². The smallest absolute Gasteiger partial charge is 0.134 e. The largest absolute Gasteiger partial charge is 0.396 e. The van der Waals surface area contributed by atoms with E-state index in [2.05, 4.69) is 27.1 Å². The summed E-state index contributed by atoms with van der Waals surface area (Å²) in [6.45, 7) is 5.38. The number of unbranched alkanes of at least 4 members (excludes halogenated alkanes) is 1. The molecule has 1 fully saturated rings. The highest BCUT2D eigenvalue weighted by Crippen LogP contribution is 2.22. The lowest BCUT2D eigenvalue weighted by Gasteiger charge is -2.32. The molecule has 1 aliphatic heterocycles. The summed E-state index contributed by atoms with van der Waals surface area (Å²) in [6, 6.07) is 2.02. The van der Waals surface area contributed by atoms with Crippen molar-refractivity contribution in [2.45, 2.75) is 32.6 Å². The Morgan fingerprint density at radius 1 is 1.37 bits per heavy atom. The average Bonchev–Trinajstić information content (AvgIpc) is 2.48. The van der Waals surface area contributed by atoms with Crippen LogP contribution in [0.5, 0.6) is 0 Å². The van der Waals surface area contributed by atoms with Gasteiger partial charge < -0.3 is 15.3 Å². The van der Waals surface area contributed by atoms with Gasteiger partial charge in [0.15, 0.2) is 0 Å². The topological polar surface area (TPSA) is 61.3 Å². The first kappa shape index (κ1) is 14.1. The minimum absolute atomic E-state index is 0.307. The van der Waals surface area contributed by atoms with Gasteiger partial charge in [-0.25, -0.2) is 9.97 Å². The average molecular weight is 264 g/mol. The summed E-state index contributed by atoms with van der Waals surface area (Å²) in [5.74, 6) is 2.35. The van der Waals surface area contributed by atoms with Crippen LogP contribution in [-0.2, 0) is 0 Å². The lowest BCUT2D eigenvalue weighted by Crippen LogP contribution is -2.35. The van der Waals surface area contributed by atoms with Crippen molar-refractivity contribution in [3.63, 3.8) is 0 Å². The summed E-state index contributed by atoms with van der Waals surface area (Å²) in [7, 11) is 0. The number of anilines is 2. The molecule has 1 saturated heterocycles.